The molecule has 1 atom stereocenters. The summed E-state index contributed by atoms with van der Waals surface area (Å²) >= 11 is 4.27. The van der Waals surface area contributed by atoms with Crippen LogP contribution in [-0.4, -0.2) is 30.2 Å². The lowest BCUT2D eigenvalue weighted by Crippen LogP contribution is -2.32. The topological polar surface area (TPSA) is 44.1 Å². The molecule has 0 aromatic carbocycles. The Morgan fingerprint density at radius 3 is 2.67 bits per heavy atom. The first kappa shape index (κ1) is 12.4. The van der Waals surface area contributed by atoms with Crippen LogP contribution in [0.15, 0.2) is 0 Å². The fourth-order valence-corrected chi connectivity index (χ4v) is 2.00. The molecule has 0 spiro atoms. The van der Waals surface area contributed by atoms with Crippen LogP contribution >= 0.6 is 12.6 Å². The van der Waals surface area contributed by atoms with Crippen LogP contribution in [0.5, 0.6) is 0 Å². The molecule has 1 unspecified atom stereocenters. The molecule has 1 saturated carbocycles. The van der Waals surface area contributed by atoms with Crippen LogP contribution in [-0.2, 0) is 4.79 Å². The Morgan fingerprint density at radius 1 is 1.67 bits per heavy atom. The number of thiol groups is 1. The third kappa shape index (κ3) is 3.42. The fourth-order valence-electron chi connectivity index (χ4n) is 1.58. The van der Waals surface area contributed by atoms with Gasteiger partial charge in [-0.2, -0.15) is 17.9 Å². The Morgan fingerprint density at radius 2 is 2.27 bits per heavy atom. The van der Waals surface area contributed by atoms with E-state index in [1.165, 1.54) is 0 Å². The molecule has 4 heteroatoms. The summed E-state index contributed by atoms with van der Waals surface area (Å²) in [4.78, 5) is 13.5. The second-order valence-electron chi connectivity index (χ2n) is 4.64. The summed E-state index contributed by atoms with van der Waals surface area (Å²) in [6, 6.07) is 2.13. The van der Waals surface area contributed by atoms with Gasteiger partial charge in [0.2, 0.25) is 5.91 Å². The average molecular weight is 226 g/mol. The zero-order chi connectivity index (χ0) is 11.5. The summed E-state index contributed by atoms with van der Waals surface area (Å²) in [7, 11) is 1.77. The van der Waals surface area contributed by atoms with Crippen molar-refractivity contribution in [1.82, 2.24) is 4.90 Å². The zero-order valence-corrected chi connectivity index (χ0v) is 10.3. The predicted molar refractivity (Wildman–Crippen MR) is 62.6 cm³/mol. The molecule has 15 heavy (non-hydrogen) atoms. The molecule has 1 aliphatic rings. The van der Waals surface area contributed by atoms with E-state index in [4.69, 9.17) is 5.26 Å². The van der Waals surface area contributed by atoms with E-state index in [-0.39, 0.29) is 17.2 Å². The monoisotopic (exact) mass is 226 g/mol. The normalized spacial score (nSPS) is 19.1. The minimum atomic E-state index is -0.0925. The molecule has 0 aromatic heterocycles. The molecule has 0 heterocycles. The number of hydrogen-bond acceptors (Lipinski definition) is 3. The van der Waals surface area contributed by atoms with Gasteiger partial charge in [-0.05, 0) is 30.9 Å². The van der Waals surface area contributed by atoms with Crippen molar-refractivity contribution in [3.05, 3.63) is 0 Å². The number of rotatable bonds is 5. The van der Waals surface area contributed by atoms with E-state index in [1.54, 1.807) is 11.9 Å². The van der Waals surface area contributed by atoms with Gasteiger partial charge in [0.15, 0.2) is 0 Å². The zero-order valence-electron chi connectivity index (χ0n) is 9.36. The lowest BCUT2D eigenvalue weighted by atomic mass is 10.0. The minimum Gasteiger partial charge on any atom is -0.344 e. The van der Waals surface area contributed by atoms with Crippen molar-refractivity contribution in [1.29, 1.82) is 5.26 Å². The third-order valence-electron chi connectivity index (χ3n) is 3.01. The van der Waals surface area contributed by atoms with Crippen LogP contribution in [0.4, 0.5) is 0 Å². The van der Waals surface area contributed by atoms with Gasteiger partial charge in [-0.15, -0.1) is 0 Å². The number of carbonyl (C=O) groups is 1. The maximum atomic E-state index is 11.8. The number of carbonyl (C=O) groups excluding carboxylic acids is 1. The first-order valence-electron chi connectivity index (χ1n) is 5.27. The van der Waals surface area contributed by atoms with E-state index >= 15 is 0 Å². The van der Waals surface area contributed by atoms with Crippen molar-refractivity contribution in [2.75, 3.05) is 19.3 Å². The maximum Gasteiger partial charge on any atom is 0.222 e. The van der Waals surface area contributed by atoms with E-state index in [2.05, 4.69) is 18.7 Å². The van der Waals surface area contributed by atoms with Crippen molar-refractivity contribution < 1.29 is 4.79 Å². The molecular weight excluding hydrogens is 208 g/mol. The van der Waals surface area contributed by atoms with E-state index in [1.807, 2.05) is 6.92 Å². The van der Waals surface area contributed by atoms with E-state index in [0.29, 0.717) is 13.0 Å². The van der Waals surface area contributed by atoms with Gasteiger partial charge in [-0.25, -0.2) is 0 Å². The Hall–Kier alpha value is -0.690. The van der Waals surface area contributed by atoms with E-state index in [0.717, 1.165) is 18.6 Å². The van der Waals surface area contributed by atoms with Crippen LogP contribution in [0.1, 0.15) is 26.2 Å². The summed E-state index contributed by atoms with van der Waals surface area (Å²) in [6.07, 6.45) is 2.82. The highest BCUT2D eigenvalue weighted by Gasteiger charge is 2.43. The summed E-state index contributed by atoms with van der Waals surface area (Å²) in [5.41, 5.74) is 0.171. The molecule has 0 N–H and O–H groups in total. The van der Waals surface area contributed by atoms with Crippen molar-refractivity contribution in [2.24, 2.45) is 11.3 Å². The second kappa shape index (κ2) is 4.89. The number of nitriles is 1. The molecule has 1 fully saturated rings. The van der Waals surface area contributed by atoms with Gasteiger partial charge in [0.1, 0.15) is 0 Å². The molecule has 0 aromatic rings. The Labute approximate surface area is 96.9 Å². The first-order valence-corrected chi connectivity index (χ1v) is 5.91. The number of hydrogen-bond donors (Lipinski definition) is 1. The van der Waals surface area contributed by atoms with Crippen LogP contribution in [0.2, 0.25) is 0 Å². The molecule has 0 aliphatic heterocycles. The molecule has 0 saturated heterocycles. The Bertz CT molecular complexity index is 281. The van der Waals surface area contributed by atoms with E-state index in [9.17, 15) is 4.79 Å². The van der Waals surface area contributed by atoms with Crippen LogP contribution in [0, 0.1) is 22.7 Å². The van der Waals surface area contributed by atoms with Crippen LogP contribution in [0.3, 0.4) is 0 Å². The van der Waals surface area contributed by atoms with Crippen molar-refractivity contribution >= 4 is 18.5 Å². The van der Waals surface area contributed by atoms with Gasteiger partial charge in [-0.1, -0.05) is 0 Å². The quantitative estimate of drug-likeness (QED) is 0.725. The van der Waals surface area contributed by atoms with Crippen LogP contribution in [0.25, 0.3) is 0 Å². The third-order valence-corrected chi connectivity index (χ3v) is 3.68. The van der Waals surface area contributed by atoms with Crippen molar-refractivity contribution in [2.45, 2.75) is 26.2 Å². The van der Waals surface area contributed by atoms with Gasteiger partial charge in [0, 0.05) is 20.0 Å². The van der Waals surface area contributed by atoms with Gasteiger partial charge >= 0.3 is 0 Å². The highest BCUT2D eigenvalue weighted by atomic mass is 32.1. The van der Waals surface area contributed by atoms with Gasteiger partial charge in [0.25, 0.3) is 0 Å². The highest BCUT2D eigenvalue weighted by molar-refractivity contribution is 7.80. The molecule has 1 amide bonds. The predicted octanol–water partition coefficient (Wildman–Crippen LogP) is 1.70. The van der Waals surface area contributed by atoms with Crippen molar-refractivity contribution in [3.8, 4) is 6.07 Å². The molecule has 84 valence electrons. The standard InChI is InChI=1S/C11H18N2OS/c1-9(6-12)7-13(2)10(14)5-11(8-15)3-4-11/h9,15H,3-5,7-8H2,1-2H3. The first-order chi connectivity index (χ1) is 7.03. The molecule has 1 aliphatic carbocycles. The Balaban J connectivity index is 2.37. The number of nitrogens with zero attached hydrogens (tertiary/aromatic N) is 2. The lowest BCUT2D eigenvalue weighted by molar-refractivity contribution is -0.131. The average Bonchev–Trinajstić information content (AvgIpc) is 2.98. The van der Waals surface area contributed by atoms with Gasteiger partial charge < -0.3 is 4.90 Å². The van der Waals surface area contributed by atoms with Crippen LogP contribution < -0.4 is 0 Å². The molecule has 1 rings (SSSR count). The smallest absolute Gasteiger partial charge is 0.222 e. The highest BCUT2D eigenvalue weighted by Crippen LogP contribution is 2.49. The second-order valence-corrected chi connectivity index (χ2v) is 4.96. The number of amides is 1. The van der Waals surface area contributed by atoms with Gasteiger partial charge in [-0.3, -0.25) is 4.79 Å². The fraction of sp³-hybridized carbons (Fsp3) is 0.818. The van der Waals surface area contributed by atoms with E-state index < -0.39 is 0 Å². The summed E-state index contributed by atoms with van der Waals surface area (Å²) in [5, 5.41) is 8.66. The molecule has 0 radical (unpaired) electrons. The minimum absolute atomic E-state index is 0.0925. The molecular formula is C11H18N2OS. The SMILES string of the molecule is CC(C#N)CN(C)C(=O)CC1(CS)CC1. The maximum absolute atomic E-state index is 11.8. The molecule has 3 nitrogen and oxygen atoms in total. The lowest BCUT2D eigenvalue weighted by Gasteiger charge is -2.21. The van der Waals surface area contributed by atoms with Gasteiger partial charge in [0.05, 0.1) is 12.0 Å². The van der Waals surface area contributed by atoms with Crippen molar-refractivity contribution in [3.63, 3.8) is 0 Å². The summed E-state index contributed by atoms with van der Waals surface area (Å²) in [6.45, 7) is 2.35. The Kier molecular flexibility index (Phi) is 4.04. The summed E-state index contributed by atoms with van der Waals surface area (Å²) in [5.74, 6) is 0.842. The largest absolute Gasteiger partial charge is 0.344 e. The summed E-state index contributed by atoms with van der Waals surface area (Å²) < 4.78 is 0. The molecule has 0 bridgehead atoms.